The smallest absolute Gasteiger partial charge is 0.126 e. The van der Waals surface area contributed by atoms with Crippen LogP contribution in [0.3, 0.4) is 0 Å². The minimum absolute atomic E-state index is 0.0391. The third-order valence-electron chi connectivity index (χ3n) is 3.48. The zero-order valence-electron chi connectivity index (χ0n) is 12.1. The van der Waals surface area contributed by atoms with Crippen molar-refractivity contribution >= 4 is 27.5 Å². The van der Waals surface area contributed by atoms with Crippen LogP contribution in [0.5, 0.6) is 0 Å². The number of hydrogen-bond donors (Lipinski definition) is 1. The second kappa shape index (κ2) is 7.39. The van der Waals surface area contributed by atoms with Gasteiger partial charge in [0.2, 0.25) is 0 Å². The maximum absolute atomic E-state index is 14.0. The number of likely N-dealkylation sites (N-methyl/N-ethyl adjacent to an activating group) is 1. The zero-order chi connectivity index (χ0) is 15.4. The molecule has 0 aliphatic rings. The Bertz CT molecular complexity index is 630. The van der Waals surface area contributed by atoms with E-state index in [9.17, 15) is 4.39 Å². The van der Waals surface area contributed by atoms with E-state index >= 15 is 0 Å². The monoisotopic (exact) mass is 369 g/mol. The molecule has 0 aliphatic carbocycles. The molecule has 21 heavy (non-hydrogen) atoms. The third-order valence-corrected chi connectivity index (χ3v) is 4.80. The zero-order valence-corrected chi connectivity index (χ0v) is 14.4. The molecule has 0 aromatic heterocycles. The summed E-state index contributed by atoms with van der Waals surface area (Å²) in [5.74, 6) is -0.217. The minimum Gasteiger partial charge on any atom is -0.310 e. The van der Waals surface area contributed by atoms with E-state index in [1.54, 1.807) is 12.1 Å². The van der Waals surface area contributed by atoms with Gasteiger partial charge in [-0.05, 0) is 54.8 Å². The average Bonchev–Trinajstić information content (AvgIpc) is 2.45. The van der Waals surface area contributed by atoms with Gasteiger partial charge in [0, 0.05) is 15.5 Å². The van der Waals surface area contributed by atoms with Crippen molar-refractivity contribution in [3.63, 3.8) is 0 Å². The molecule has 0 heterocycles. The highest BCUT2D eigenvalue weighted by Crippen LogP contribution is 2.30. The summed E-state index contributed by atoms with van der Waals surface area (Å²) >= 11 is 9.62. The summed E-state index contributed by atoms with van der Waals surface area (Å²) in [5, 5.41) is 3.98. The lowest BCUT2D eigenvalue weighted by atomic mass is 9.97. The van der Waals surface area contributed by atoms with Gasteiger partial charge in [-0.1, -0.05) is 52.7 Å². The van der Waals surface area contributed by atoms with Crippen molar-refractivity contribution in [1.29, 1.82) is 0 Å². The molecule has 2 aromatic carbocycles. The van der Waals surface area contributed by atoms with Crippen LogP contribution >= 0.6 is 27.5 Å². The Morgan fingerprint density at radius 3 is 2.76 bits per heavy atom. The molecule has 0 spiro atoms. The van der Waals surface area contributed by atoms with Gasteiger partial charge in [-0.3, -0.25) is 0 Å². The van der Waals surface area contributed by atoms with Gasteiger partial charge >= 0.3 is 0 Å². The van der Waals surface area contributed by atoms with Gasteiger partial charge in [-0.2, -0.15) is 0 Å². The molecule has 0 bridgehead atoms. The van der Waals surface area contributed by atoms with Crippen LogP contribution in [0.2, 0.25) is 5.02 Å². The first-order valence-corrected chi connectivity index (χ1v) is 8.12. The summed E-state index contributed by atoms with van der Waals surface area (Å²) in [7, 11) is 0. The second-order valence-corrected chi connectivity index (χ2v) is 6.26. The maximum atomic E-state index is 14.0. The van der Waals surface area contributed by atoms with Crippen LogP contribution < -0.4 is 5.32 Å². The van der Waals surface area contributed by atoms with Crippen molar-refractivity contribution < 1.29 is 4.39 Å². The van der Waals surface area contributed by atoms with E-state index in [-0.39, 0.29) is 11.9 Å². The molecule has 0 aliphatic heterocycles. The van der Waals surface area contributed by atoms with Gasteiger partial charge in [0.25, 0.3) is 0 Å². The predicted octanol–water partition coefficient (Wildman–Crippen LogP) is 5.44. The fourth-order valence-electron chi connectivity index (χ4n) is 2.40. The highest BCUT2D eigenvalue weighted by Gasteiger charge is 2.17. The molecule has 2 rings (SSSR count). The van der Waals surface area contributed by atoms with E-state index in [0.717, 1.165) is 16.6 Å². The molecule has 0 saturated heterocycles. The molecule has 112 valence electrons. The largest absolute Gasteiger partial charge is 0.310 e. The second-order valence-electron chi connectivity index (χ2n) is 5.03. The topological polar surface area (TPSA) is 12.0 Å². The summed E-state index contributed by atoms with van der Waals surface area (Å²) in [4.78, 5) is 0. The van der Waals surface area contributed by atoms with Crippen LogP contribution in [0, 0.1) is 12.7 Å². The highest BCUT2D eigenvalue weighted by atomic mass is 79.9. The van der Waals surface area contributed by atoms with Crippen LogP contribution in [0.1, 0.15) is 29.7 Å². The number of nitrogens with one attached hydrogen (secondary N) is 1. The normalized spacial score (nSPS) is 12.4. The number of benzene rings is 2. The number of aryl methyl sites for hydroxylation is 1. The van der Waals surface area contributed by atoms with E-state index in [2.05, 4.69) is 40.3 Å². The van der Waals surface area contributed by atoms with Gasteiger partial charge < -0.3 is 5.32 Å². The van der Waals surface area contributed by atoms with Crippen LogP contribution in [0.4, 0.5) is 4.39 Å². The molecule has 1 nitrogen and oxygen atoms in total. The molecular formula is C17H18BrClFN. The molecule has 1 unspecified atom stereocenters. The quantitative estimate of drug-likeness (QED) is 0.738. The minimum atomic E-state index is -0.217. The van der Waals surface area contributed by atoms with E-state index in [1.165, 1.54) is 11.6 Å². The van der Waals surface area contributed by atoms with Crippen molar-refractivity contribution in [3.8, 4) is 0 Å². The van der Waals surface area contributed by atoms with Gasteiger partial charge in [0.1, 0.15) is 5.82 Å². The Morgan fingerprint density at radius 2 is 2.05 bits per heavy atom. The molecule has 1 N–H and O–H groups in total. The number of halogens is 3. The molecule has 4 heteroatoms. The van der Waals surface area contributed by atoms with Gasteiger partial charge in [0.05, 0.1) is 0 Å². The van der Waals surface area contributed by atoms with Gasteiger partial charge in [-0.15, -0.1) is 0 Å². The van der Waals surface area contributed by atoms with Gasteiger partial charge in [0.15, 0.2) is 0 Å². The first-order chi connectivity index (χ1) is 10.0. The summed E-state index contributed by atoms with van der Waals surface area (Å²) < 4.78 is 15.0. The molecule has 2 aromatic rings. The Balaban J connectivity index is 2.35. The maximum Gasteiger partial charge on any atom is 0.126 e. The Kier molecular flexibility index (Phi) is 5.80. The summed E-state index contributed by atoms with van der Waals surface area (Å²) in [6.45, 7) is 4.91. The van der Waals surface area contributed by atoms with Crippen molar-refractivity contribution in [2.45, 2.75) is 26.3 Å². The number of rotatable bonds is 5. The molecule has 1 atom stereocenters. The molecule has 0 amide bonds. The standard InChI is InChI=1S/C17H18BrClFN/c1-3-21-16(14-6-4-5-11(2)17(14)18)10-12-9-13(19)7-8-15(12)20/h4-9,16,21H,3,10H2,1-2H3. The highest BCUT2D eigenvalue weighted by molar-refractivity contribution is 9.10. The molecule has 0 radical (unpaired) electrons. The predicted molar refractivity (Wildman–Crippen MR) is 90.4 cm³/mol. The van der Waals surface area contributed by atoms with Crippen molar-refractivity contribution in [3.05, 3.63) is 68.4 Å². The SMILES string of the molecule is CCNC(Cc1cc(Cl)ccc1F)c1cccc(C)c1Br. The van der Waals surface area contributed by atoms with Crippen molar-refractivity contribution in [1.82, 2.24) is 5.32 Å². The first kappa shape index (κ1) is 16.5. The van der Waals surface area contributed by atoms with E-state index in [4.69, 9.17) is 11.6 Å². The third kappa shape index (κ3) is 4.06. The Hall–Kier alpha value is -0.900. The Morgan fingerprint density at radius 1 is 1.29 bits per heavy atom. The van der Waals surface area contributed by atoms with Crippen LogP contribution in [0.15, 0.2) is 40.9 Å². The van der Waals surface area contributed by atoms with E-state index < -0.39 is 0 Å². The lowest BCUT2D eigenvalue weighted by Crippen LogP contribution is -2.24. The van der Waals surface area contributed by atoms with Crippen LogP contribution in [-0.2, 0) is 6.42 Å². The fourth-order valence-corrected chi connectivity index (χ4v) is 3.13. The summed E-state index contributed by atoms with van der Waals surface area (Å²) in [6.07, 6.45) is 0.558. The molecule has 0 fully saturated rings. The first-order valence-electron chi connectivity index (χ1n) is 6.95. The molecule has 0 saturated carbocycles. The van der Waals surface area contributed by atoms with Gasteiger partial charge in [-0.25, -0.2) is 4.39 Å². The summed E-state index contributed by atoms with van der Waals surface area (Å²) in [5.41, 5.74) is 2.93. The number of hydrogen-bond acceptors (Lipinski definition) is 1. The average molecular weight is 371 g/mol. The lowest BCUT2D eigenvalue weighted by Gasteiger charge is -2.21. The Labute approximate surface area is 138 Å². The van der Waals surface area contributed by atoms with E-state index in [1.807, 2.05) is 13.0 Å². The lowest BCUT2D eigenvalue weighted by molar-refractivity contribution is 0.526. The molecular weight excluding hydrogens is 353 g/mol. The van der Waals surface area contributed by atoms with Crippen LogP contribution in [-0.4, -0.2) is 6.54 Å². The summed E-state index contributed by atoms with van der Waals surface area (Å²) in [6, 6.07) is 10.9. The van der Waals surface area contributed by atoms with Crippen molar-refractivity contribution in [2.75, 3.05) is 6.54 Å². The van der Waals surface area contributed by atoms with Crippen molar-refractivity contribution in [2.24, 2.45) is 0 Å². The van der Waals surface area contributed by atoms with E-state index in [0.29, 0.717) is 17.0 Å². The fraction of sp³-hybridized carbons (Fsp3) is 0.294. The van der Waals surface area contributed by atoms with Crippen LogP contribution in [0.25, 0.3) is 0 Å².